The fourth-order valence-corrected chi connectivity index (χ4v) is 2.48. The molecule has 102 valence electrons. The van der Waals surface area contributed by atoms with Crippen LogP contribution in [0.2, 0.25) is 0 Å². The van der Waals surface area contributed by atoms with Gasteiger partial charge in [0.25, 0.3) is 0 Å². The summed E-state index contributed by atoms with van der Waals surface area (Å²) in [6.45, 7) is 6.88. The maximum Gasteiger partial charge on any atom is 0.121 e. The molecule has 0 aliphatic carbocycles. The Bertz CT molecular complexity index is 575. The monoisotopic (exact) mass is 259 g/mol. The maximum atomic E-state index is 5.78. The molecule has 2 rings (SSSR count). The second kappa shape index (κ2) is 5.45. The summed E-state index contributed by atoms with van der Waals surface area (Å²) in [4.78, 5) is 0. The molecule has 0 aliphatic rings. The predicted octanol–water partition coefficient (Wildman–Crippen LogP) is 2.56. The van der Waals surface area contributed by atoms with E-state index >= 15 is 0 Å². The van der Waals surface area contributed by atoms with E-state index in [1.807, 2.05) is 35.9 Å². The van der Waals surface area contributed by atoms with E-state index < -0.39 is 0 Å². The van der Waals surface area contributed by atoms with E-state index in [-0.39, 0.29) is 0 Å². The van der Waals surface area contributed by atoms with Crippen molar-refractivity contribution >= 4 is 0 Å². The van der Waals surface area contributed by atoms with Gasteiger partial charge in [-0.05, 0) is 38.4 Å². The SMILES string of the molecule is COc1cccc(-n2nc(C)c(C(C)CN)c2C)c1. The molecule has 4 heteroatoms. The number of hydrogen-bond acceptors (Lipinski definition) is 3. The summed E-state index contributed by atoms with van der Waals surface area (Å²) in [5.74, 6) is 1.15. The predicted molar refractivity (Wildman–Crippen MR) is 77.1 cm³/mol. The molecule has 0 amide bonds. The lowest BCUT2D eigenvalue weighted by Gasteiger charge is -2.10. The lowest BCUT2D eigenvalue weighted by molar-refractivity contribution is 0.414. The fraction of sp³-hybridized carbons (Fsp3) is 0.400. The lowest BCUT2D eigenvalue weighted by Crippen LogP contribution is -2.10. The Labute approximate surface area is 114 Å². The number of aromatic nitrogens is 2. The van der Waals surface area contributed by atoms with Crippen LogP contribution in [0.3, 0.4) is 0 Å². The fourth-order valence-electron chi connectivity index (χ4n) is 2.48. The van der Waals surface area contributed by atoms with Crippen molar-refractivity contribution in [3.63, 3.8) is 0 Å². The molecular formula is C15H21N3O. The van der Waals surface area contributed by atoms with Crippen LogP contribution in [-0.2, 0) is 0 Å². The number of nitrogens with zero attached hydrogens (tertiary/aromatic N) is 2. The Balaban J connectivity index is 2.51. The Morgan fingerprint density at radius 1 is 1.37 bits per heavy atom. The van der Waals surface area contributed by atoms with Crippen LogP contribution < -0.4 is 10.5 Å². The van der Waals surface area contributed by atoms with Crippen LogP contribution in [0, 0.1) is 13.8 Å². The minimum absolute atomic E-state index is 0.319. The van der Waals surface area contributed by atoms with Gasteiger partial charge in [0.05, 0.1) is 18.5 Å². The first-order valence-electron chi connectivity index (χ1n) is 6.49. The minimum atomic E-state index is 0.319. The Morgan fingerprint density at radius 2 is 2.11 bits per heavy atom. The van der Waals surface area contributed by atoms with Crippen molar-refractivity contribution in [3.8, 4) is 11.4 Å². The van der Waals surface area contributed by atoms with Crippen molar-refractivity contribution < 1.29 is 4.74 Å². The Hall–Kier alpha value is -1.81. The smallest absolute Gasteiger partial charge is 0.121 e. The van der Waals surface area contributed by atoms with E-state index in [0.29, 0.717) is 12.5 Å². The minimum Gasteiger partial charge on any atom is -0.497 e. The normalized spacial score (nSPS) is 12.5. The van der Waals surface area contributed by atoms with Gasteiger partial charge in [-0.3, -0.25) is 0 Å². The Kier molecular flexibility index (Phi) is 3.90. The van der Waals surface area contributed by atoms with Gasteiger partial charge in [0.2, 0.25) is 0 Å². The van der Waals surface area contributed by atoms with E-state index in [0.717, 1.165) is 22.8 Å². The van der Waals surface area contributed by atoms with Crippen LogP contribution in [0.5, 0.6) is 5.75 Å². The zero-order chi connectivity index (χ0) is 14.0. The average molecular weight is 259 g/mol. The maximum absolute atomic E-state index is 5.78. The second-order valence-corrected chi connectivity index (χ2v) is 4.83. The highest BCUT2D eigenvalue weighted by Crippen LogP contribution is 2.26. The topological polar surface area (TPSA) is 53.1 Å². The first kappa shape index (κ1) is 13.6. The molecular weight excluding hydrogens is 238 g/mol. The summed E-state index contributed by atoms with van der Waals surface area (Å²) in [5.41, 5.74) is 10.2. The molecule has 0 fully saturated rings. The average Bonchev–Trinajstić information content (AvgIpc) is 2.73. The number of ether oxygens (including phenoxy) is 1. The van der Waals surface area contributed by atoms with Gasteiger partial charge < -0.3 is 10.5 Å². The molecule has 1 heterocycles. The van der Waals surface area contributed by atoms with Crippen molar-refractivity contribution in [2.24, 2.45) is 5.73 Å². The van der Waals surface area contributed by atoms with E-state index in [1.54, 1.807) is 7.11 Å². The summed E-state index contributed by atoms with van der Waals surface area (Å²) in [6.07, 6.45) is 0. The number of rotatable bonds is 4. The van der Waals surface area contributed by atoms with Gasteiger partial charge in [0, 0.05) is 17.3 Å². The van der Waals surface area contributed by atoms with Gasteiger partial charge in [0.1, 0.15) is 5.75 Å². The van der Waals surface area contributed by atoms with Crippen molar-refractivity contribution in [2.75, 3.05) is 13.7 Å². The van der Waals surface area contributed by atoms with E-state index in [2.05, 4.69) is 18.9 Å². The van der Waals surface area contributed by atoms with Gasteiger partial charge in [0.15, 0.2) is 0 Å². The van der Waals surface area contributed by atoms with E-state index in [1.165, 1.54) is 5.56 Å². The highest BCUT2D eigenvalue weighted by atomic mass is 16.5. The van der Waals surface area contributed by atoms with Crippen molar-refractivity contribution in [1.82, 2.24) is 9.78 Å². The molecule has 0 aliphatic heterocycles. The molecule has 19 heavy (non-hydrogen) atoms. The molecule has 0 saturated carbocycles. The van der Waals surface area contributed by atoms with Crippen molar-refractivity contribution in [3.05, 3.63) is 41.2 Å². The van der Waals surface area contributed by atoms with Gasteiger partial charge in [-0.2, -0.15) is 5.10 Å². The first-order chi connectivity index (χ1) is 9.08. The molecule has 1 aromatic carbocycles. The van der Waals surface area contributed by atoms with Crippen LogP contribution in [0.25, 0.3) is 5.69 Å². The van der Waals surface area contributed by atoms with Crippen LogP contribution in [0.1, 0.15) is 29.8 Å². The second-order valence-electron chi connectivity index (χ2n) is 4.83. The van der Waals surface area contributed by atoms with Gasteiger partial charge in [-0.15, -0.1) is 0 Å². The van der Waals surface area contributed by atoms with E-state index in [4.69, 9.17) is 10.5 Å². The van der Waals surface area contributed by atoms with Crippen LogP contribution in [-0.4, -0.2) is 23.4 Å². The summed E-state index contributed by atoms with van der Waals surface area (Å²) in [5, 5.41) is 4.63. The third kappa shape index (κ3) is 2.49. The van der Waals surface area contributed by atoms with Crippen LogP contribution in [0.4, 0.5) is 0 Å². The number of hydrogen-bond donors (Lipinski definition) is 1. The van der Waals surface area contributed by atoms with Gasteiger partial charge >= 0.3 is 0 Å². The first-order valence-corrected chi connectivity index (χ1v) is 6.49. The van der Waals surface area contributed by atoms with Crippen LogP contribution >= 0.6 is 0 Å². The molecule has 0 bridgehead atoms. The standard InChI is InChI=1S/C15H21N3O/c1-10(9-16)15-11(2)17-18(12(15)3)13-6-5-7-14(8-13)19-4/h5-8,10H,9,16H2,1-4H3. The highest BCUT2D eigenvalue weighted by Gasteiger charge is 2.17. The summed E-state index contributed by atoms with van der Waals surface area (Å²) in [6, 6.07) is 7.91. The molecule has 0 spiro atoms. The summed E-state index contributed by atoms with van der Waals surface area (Å²) in [7, 11) is 1.67. The molecule has 0 radical (unpaired) electrons. The molecule has 4 nitrogen and oxygen atoms in total. The quantitative estimate of drug-likeness (QED) is 0.918. The number of benzene rings is 1. The molecule has 1 atom stereocenters. The van der Waals surface area contributed by atoms with Crippen molar-refractivity contribution in [1.29, 1.82) is 0 Å². The van der Waals surface area contributed by atoms with Gasteiger partial charge in [-0.1, -0.05) is 13.0 Å². The Morgan fingerprint density at radius 3 is 2.74 bits per heavy atom. The van der Waals surface area contributed by atoms with Crippen LogP contribution in [0.15, 0.2) is 24.3 Å². The third-order valence-corrected chi connectivity index (χ3v) is 3.49. The third-order valence-electron chi connectivity index (χ3n) is 3.49. The number of nitrogens with two attached hydrogens (primary N) is 1. The molecule has 2 N–H and O–H groups in total. The molecule has 0 saturated heterocycles. The number of aryl methyl sites for hydroxylation is 1. The molecule has 1 aromatic heterocycles. The summed E-state index contributed by atoms with van der Waals surface area (Å²) >= 11 is 0. The zero-order valence-corrected chi connectivity index (χ0v) is 12.0. The molecule has 1 unspecified atom stereocenters. The highest BCUT2D eigenvalue weighted by molar-refractivity contribution is 5.42. The zero-order valence-electron chi connectivity index (χ0n) is 12.0. The molecule has 2 aromatic rings. The van der Waals surface area contributed by atoms with Crippen molar-refractivity contribution in [2.45, 2.75) is 26.7 Å². The largest absolute Gasteiger partial charge is 0.497 e. The summed E-state index contributed by atoms with van der Waals surface area (Å²) < 4.78 is 7.22. The lowest BCUT2D eigenvalue weighted by atomic mass is 9.99. The van der Waals surface area contributed by atoms with E-state index in [9.17, 15) is 0 Å². The van der Waals surface area contributed by atoms with Gasteiger partial charge in [-0.25, -0.2) is 4.68 Å². The number of methoxy groups -OCH3 is 1.